The summed E-state index contributed by atoms with van der Waals surface area (Å²) >= 11 is 0. The van der Waals surface area contributed by atoms with Gasteiger partial charge < -0.3 is 4.43 Å². The normalized spacial score (nSPS) is 13.3. The minimum atomic E-state index is -1.59. The first-order chi connectivity index (χ1) is 8.58. The molecular weight excluding hydrogens is 236 g/mol. The van der Waals surface area contributed by atoms with E-state index in [0.717, 1.165) is 5.57 Å². The maximum atomic E-state index is 6.57. The van der Waals surface area contributed by atoms with Gasteiger partial charge in [-0.15, -0.1) is 0 Å². The van der Waals surface area contributed by atoms with Gasteiger partial charge in [-0.1, -0.05) is 57.7 Å². The van der Waals surface area contributed by atoms with Gasteiger partial charge in [-0.25, -0.2) is 0 Å². The van der Waals surface area contributed by atoms with E-state index < -0.39 is 8.32 Å². The van der Waals surface area contributed by atoms with Crippen molar-refractivity contribution in [2.24, 2.45) is 0 Å². The van der Waals surface area contributed by atoms with Crippen LogP contribution in [0.3, 0.4) is 0 Å². The van der Waals surface area contributed by atoms with E-state index in [-0.39, 0.29) is 6.10 Å². The number of hydrogen-bond acceptors (Lipinski definition) is 1. The summed E-state index contributed by atoms with van der Waals surface area (Å²) in [5, 5.41) is 0. The predicted octanol–water partition coefficient (Wildman–Crippen LogP) is 5.33. The minimum absolute atomic E-state index is 0.0673. The maximum absolute atomic E-state index is 6.57. The zero-order valence-corrected chi connectivity index (χ0v) is 13.2. The summed E-state index contributed by atoms with van der Waals surface area (Å²) in [5.41, 5.74) is 2.34. The summed E-state index contributed by atoms with van der Waals surface area (Å²) in [6.45, 7) is 13.0. The Labute approximate surface area is 113 Å². The number of benzene rings is 1. The molecular formula is C16H26OSi. The molecule has 0 amide bonds. The topological polar surface area (TPSA) is 9.23 Å². The highest BCUT2D eigenvalue weighted by Gasteiger charge is 2.32. The fourth-order valence-electron chi connectivity index (χ4n) is 2.33. The summed E-state index contributed by atoms with van der Waals surface area (Å²) in [5.74, 6) is 0. The van der Waals surface area contributed by atoms with Gasteiger partial charge in [0.1, 0.15) is 0 Å². The fourth-order valence-corrected chi connectivity index (χ4v) is 5.17. The molecule has 1 unspecified atom stereocenters. The van der Waals surface area contributed by atoms with Crippen LogP contribution in [0.5, 0.6) is 0 Å². The molecule has 0 N–H and O–H groups in total. The molecule has 1 aromatic rings. The van der Waals surface area contributed by atoms with E-state index in [1.54, 1.807) is 0 Å². The van der Waals surface area contributed by atoms with E-state index in [9.17, 15) is 0 Å². The van der Waals surface area contributed by atoms with Crippen molar-refractivity contribution < 1.29 is 4.43 Å². The van der Waals surface area contributed by atoms with Crippen molar-refractivity contribution in [2.45, 2.75) is 51.9 Å². The largest absolute Gasteiger partial charge is 0.406 e. The van der Waals surface area contributed by atoms with Crippen molar-refractivity contribution in [1.82, 2.24) is 0 Å². The lowest BCUT2D eigenvalue weighted by Crippen LogP contribution is -2.37. The van der Waals surface area contributed by atoms with Gasteiger partial charge in [0.25, 0.3) is 0 Å². The third-order valence-electron chi connectivity index (χ3n) is 3.85. The van der Waals surface area contributed by atoms with Gasteiger partial charge in [0.05, 0.1) is 6.10 Å². The highest BCUT2D eigenvalue weighted by molar-refractivity contribution is 6.73. The SMILES string of the molecule is C=C(C)C(O[Si](CC)(CC)CC)c1ccccc1. The molecule has 100 valence electrons. The Morgan fingerprint density at radius 1 is 1.11 bits per heavy atom. The molecule has 0 bridgehead atoms. The summed E-state index contributed by atoms with van der Waals surface area (Å²) in [4.78, 5) is 0. The third kappa shape index (κ3) is 3.56. The van der Waals surface area contributed by atoms with Gasteiger partial charge in [-0.3, -0.25) is 0 Å². The number of rotatable bonds is 7. The second kappa shape index (κ2) is 6.91. The van der Waals surface area contributed by atoms with Gasteiger partial charge in [0, 0.05) is 0 Å². The van der Waals surface area contributed by atoms with Crippen molar-refractivity contribution >= 4 is 8.32 Å². The quantitative estimate of drug-likeness (QED) is 0.477. The van der Waals surface area contributed by atoms with Gasteiger partial charge in [-0.05, 0) is 36.2 Å². The van der Waals surface area contributed by atoms with E-state index >= 15 is 0 Å². The molecule has 0 heterocycles. The van der Waals surface area contributed by atoms with Crippen molar-refractivity contribution in [1.29, 1.82) is 0 Å². The molecule has 0 radical (unpaired) electrons. The van der Waals surface area contributed by atoms with E-state index in [0.29, 0.717) is 0 Å². The van der Waals surface area contributed by atoms with Crippen LogP contribution in [-0.2, 0) is 4.43 Å². The highest BCUT2D eigenvalue weighted by atomic mass is 28.4. The molecule has 1 aromatic carbocycles. The standard InChI is InChI=1S/C16H26OSi/c1-6-18(7-2,8-3)17-16(14(4)5)15-12-10-9-11-13-15/h9-13,16H,4,6-8H2,1-3,5H3. The van der Waals surface area contributed by atoms with Gasteiger partial charge >= 0.3 is 0 Å². The van der Waals surface area contributed by atoms with Crippen LogP contribution < -0.4 is 0 Å². The lowest BCUT2D eigenvalue weighted by atomic mass is 10.0. The van der Waals surface area contributed by atoms with E-state index in [4.69, 9.17) is 4.43 Å². The van der Waals surface area contributed by atoms with E-state index in [2.05, 4.69) is 58.5 Å². The van der Waals surface area contributed by atoms with Crippen LogP contribution in [0.15, 0.2) is 42.5 Å². The predicted molar refractivity (Wildman–Crippen MR) is 82.3 cm³/mol. The Kier molecular flexibility index (Phi) is 5.83. The average Bonchev–Trinajstić information content (AvgIpc) is 2.42. The van der Waals surface area contributed by atoms with Crippen molar-refractivity contribution in [2.75, 3.05) is 0 Å². The van der Waals surface area contributed by atoms with E-state index in [1.165, 1.54) is 23.7 Å². The van der Waals surface area contributed by atoms with Crippen molar-refractivity contribution in [3.05, 3.63) is 48.0 Å². The first-order valence-electron chi connectivity index (χ1n) is 6.96. The second-order valence-corrected chi connectivity index (χ2v) is 9.72. The highest BCUT2D eigenvalue weighted by Crippen LogP contribution is 2.33. The molecule has 0 fully saturated rings. The Morgan fingerprint density at radius 3 is 2.00 bits per heavy atom. The molecule has 1 nitrogen and oxygen atoms in total. The van der Waals surface area contributed by atoms with Crippen LogP contribution in [0.2, 0.25) is 18.1 Å². The third-order valence-corrected chi connectivity index (χ3v) is 8.45. The molecule has 0 aliphatic rings. The van der Waals surface area contributed by atoms with Gasteiger partial charge in [0.15, 0.2) is 8.32 Å². The first-order valence-corrected chi connectivity index (χ1v) is 9.49. The summed E-state index contributed by atoms with van der Waals surface area (Å²) < 4.78 is 6.57. The summed E-state index contributed by atoms with van der Waals surface area (Å²) in [6, 6.07) is 14.0. The molecule has 0 aliphatic carbocycles. The molecule has 1 atom stereocenters. The molecule has 1 rings (SSSR count). The first kappa shape index (κ1) is 15.2. The Hall–Kier alpha value is -0.863. The molecule has 18 heavy (non-hydrogen) atoms. The molecule has 0 spiro atoms. The van der Waals surface area contributed by atoms with Gasteiger partial charge in [0.2, 0.25) is 0 Å². The van der Waals surface area contributed by atoms with Crippen LogP contribution >= 0.6 is 0 Å². The van der Waals surface area contributed by atoms with Crippen LogP contribution in [0.25, 0.3) is 0 Å². The monoisotopic (exact) mass is 262 g/mol. The maximum Gasteiger partial charge on any atom is 0.193 e. The lowest BCUT2D eigenvalue weighted by Gasteiger charge is -2.33. The Morgan fingerprint density at radius 2 is 1.61 bits per heavy atom. The molecule has 2 heteroatoms. The zero-order valence-electron chi connectivity index (χ0n) is 12.2. The van der Waals surface area contributed by atoms with Crippen molar-refractivity contribution in [3.8, 4) is 0 Å². The number of hydrogen-bond donors (Lipinski definition) is 0. The molecule has 0 saturated heterocycles. The second-order valence-electron chi connectivity index (χ2n) is 5.00. The van der Waals surface area contributed by atoms with Crippen LogP contribution in [0.1, 0.15) is 39.4 Å². The minimum Gasteiger partial charge on any atom is -0.406 e. The van der Waals surface area contributed by atoms with Crippen LogP contribution in [0, 0.1) is 0 Å². The molecule has 0 aliphatic heterocycles. The van der Waals surface area contributed by atoms with E-state index in [1.807, 2.05) is 6.07 Å². The summed E-state index contributed by atoms with van der Waals surface area (Å²) in [6.07, 6.45) is 0.0673. The van der Waals surface area contributed by atoms with Gasteiger partial charge in [-0.2, -0.15) is 0 Å². The zero-order chi connectivity index (χ0) is 13.6. The lowest BCUT2D eigenvalue weighted by molar-refractivity contribution is 0.226. The Bertz CT molecular complexity index is 360. The van der Waals surface area contributed by atoms with Crippen LogP contribution in [0.4, 0.5) is 0 Å². The van der Waals surface area contributed by atoms with Crippen molar-refractivity contribution in [3.63, 3.8) is 0 Å². The average molecular weight is 262 g/mol. The van der Waals surface area contributed by atoms with Crippen LogP contribution in [-0.4, -0.2) is 8.32 Å². The Balaban J connectivity index is 2.97. The molecule has 0 aromatic heterocycles. The molecule has 0 saturated carbocycles. The smallest absolute Gasteiger partial charge is 0.193 e. The fraction of sp³-hybridized carbons (Fsp3) is 0.500. The summed E-state index contributed by atoms with van der Waals surface area (Å²) in [7, 11) is -1.59.